The summed E-state index contributed by atoms with van der Waals surface area (Å²) in [6.07, 6.45) is 3.78. The molecular weight excluding hydrogens is 248 g/mol. The number of halogens is 1. The van der Waals surface area contributed by atoms with Crippen molar-refractivity contribution < 1.29 is 4.79 Å². The Labute approximate surface area is 113 Å². The number of aromatic nitrogens is 1. The number of piperidine rings is 1. The van der Waals surface area contributed by atoms with Gasteiger partial charge < -0.3 is 4.90 Å². The zero-order chi connectivity index (χ0) is 13.1. The Morgan fingerprint density at radius 3 is 2.67 bits per heavy atom. The number of nitrogens with zero attached hydrogens (tertiary/aromatic N) is 2. The molecule has 18 heavy (non-hydrogen) atoms. The standard InChI is InChI=1S/C14H19ClN2O/c1-10(2)11-4-7-17(8-5-11)14(18)12-3-6-16-13(15)9-12/h3,6,9-11H,4-5,7-8H2,1-2H3. The van der Waals surface area contributed by atoms with Gasteiger partial charge in [-0.15, -0.1) is 0 Å². The van der Waals surface area contributed by atoms with Crippen molar-refractivity contribution in [3.8, 4) is 0 Å². The van der Waals surface area contributed by atoms with Crippen molar-refractivity contribution in [2.45, 2.75) is 26.7 Å². The highest BCUT2D eigenvalue weighted by molar-refractivity contribution is 6.29. The molecule has 0 spiro atoms. The lowest BCUT2D eigenvalue weighted by Gasteiger charge is -2.33. The quantitative estimate of drug-likeness (QED) is 0.770. The third kappa shape index (κ3) is 3.02. The van der Waals surface area contributed by atoms with E-state index in [-0.39, 0.29) is 5.91 Å². The minimum atomic E-state index is 0.0708. The molecule has 1 aromatic heterocycles. The summed E-state index contributed by atoms with van der Waals surface area (Å²) < 4.78 is 0. The van der Waals surface area contributed by atoms with Gasteiger partial charge in [0.25, 0.3) is 5.91 Å². The van der Waals surface area contributed by atoms with Crippen molar-refractivity contribution in [2.75, 3.05) is 13.1 Å². The van der Waals surface area contributed by atoms with E-state index in [1.807, 2.05) is 4.90 Å². The predicted octanol–water partition coefficient (Wildman–Crippen LogP) is 3.24. The molecule has 0 bridgehead atoms. The Morgan fingerprint density at radius 1 is 1.44 bits per heavy atom. The second-order valence-electron chi connectivity index (χ2n) is 5.24. The summed E-state index contributed by atoms with van der Waals surface area (Å²) in [4.78, 5) is 18.1. The highest BCUT2D eigenvalue weighted by Crippen LogP contribution is 2.25. The van der Waals surface area contributed by atoms with Crippen molar-refractivity contribution in [2.24, 2.45) is 11.8 Å². The summed E-state index contributed by atoms with van der Waals surface area (Å²) in [6.45, 7) is 6.21. The van der Waals surface area contributed by atoms with Gasteiger partial charge >= 0.3 is 0 Å². The first-order valence-corrected chi connectivity index (χ1v) is 6.86. The first kappa shape index (κ1) is 13.3. The lowest BCUT2D eigenvalue weighted by molar-refractivity contribution is 0.0667. The maximum absolute atomic E-state index is 12.3. The van der Waals surface area contributed by atoms with Gasteiger partial charge in [0.05, 0.1) is 0 Å². The van der Waals surface area contributed by atoms with Crippen LogP contribution in [0.1, 0.15) is 37.0 Å². The summed E-state index contributed by atoms with van der Waals surface area (Å²) >= 11 is 5.81. The molecule has 1 fully saturated rings. The second kappa shape index (κ2) is 5.70. The van der Waals surface area contributed by atoms with Crippen molar-refractivity contribution in [3.05, 3.63) is 29.0 Å². The topological polar surface area (TPSA) is 33.2 Å². The number of amides is 1. The van der Waals surface area contributed by atoms with Crippen LogP contribution in [0.5, 0.6) is 0 Å². The van der Waals surface area contributed by atoms with Crippen LogP contribution in [0.15, 0.2) is 18.3 Å². The van der Waals surface area contributed by atoms with E-state index >= 15 is 0 Å². The maximum Gasteiger partial charge on any atom is 0.254 e. The van der Waals surface area contributed by atoms with Gasteiger partial charge in [-0.25, -0.2) is 4.98 Å². The number of likely N-dealkylation sites (tertiary alicyclic amines) is 1. The molecule has 98 valence electrons. The van der Waals surface area contributed by atoms with Gasteiger partial charge in [-0.1, -0.05) is 25.4 Å². The van der Waals surface area contributed by atoms with E-state index in [1.165, 1.54) is 0 Å². The number of carbonyl (C=O) groups excluding carboxylic acids is 1. The van der Waals surface area contributed by atoms with E-state index < -0.39 is 0 Å². The maximum atomic E-state index is 12.3. The van der Waals surface area contributed by atoms with Gasteiger partial charge in [0, 0.05) is 24.8 Å². The molecule has 0 aliphatic carbocycles. The molecule has 1 aromatic rings. The van der Waals surface area contributed by atoms with Crippen molar-refractivity contribution >= 4 is 17.5 Å². The van der Waals surface area contributed by atoms with Crippen LogP contribution in [-0.4, -0.2) is 28.9 Å². The average molecular weight is 267 g/mol. The molecule has 4 heteroatoms. The molecule has 0 atom stereocenters. The Balaban J connectivity index is 1.99. The van der Waals surface area contributed by atoms with Crippen LogP contribution in [-0.2, 0) is 0 Å². The van der Waals surface area contributed by atoms with E-state index in [2.05, 4.69) is 18.8 Å². The van der Waals surface area contributed by atoms with Gasteiger partial charge in [-0.3, -0.25) is 4.79 Å². The third-order valence-electron chi connectivity index (χ3n) is 3.74. The molecule has 3 nitrogen and oxygen atoms in total. The van der Waals surface area contributed by atoms with E-state index in [1.54, 1.807) is 18.3 Å². The van der Waals surface area contributed by atoms with E-state index in [0.29, 0.717) is 16.6 Å². The average Bonchev–Trinajstić information content (AvgIpc) is 2.38. The van der Waals surface area contributed by atoms with Gasteiger partial charge in [0.15, 0.2) is 0 Å². The van der Waals surface area contributed by atoms with Crippen LogP contribution in [0.3, 0.4) is 0 Å². The normalized spacial score (nSPS) is 17.2. The first-order chi connectivity index (χ1) is 8.58. The number of pyridine rings is 1. The largest absolute Gasteiger partial charge is 0.339 e. The van der Waals surface area contributed by atoms with E-state index in [4.69, 9.17) is 11.6 Å². The van der Waals surface area contributed by atoms with E-state index in [0.717, 1.165) is 31.8 Å². The van der Waals surface area contributed by atoms with Gasteiger partial charge in [-0.2, -0.15) is 0 Å². The summed E-state index contributed by atoms with van der Waals surface area (Å²) in [7, 11) is 0. The van der Waals surface area contributed by atoms with Crippen molar-refractivity contribution in [3.63, 3.8) is 0 Å². The summed E-state index contributed by atoms with van der Waals surface area (Å²) in [5.41, 5.74) is 0.637. The molecule has 1 aliphatic heterocycles. The summed E-state index contributed by atoms with van der Waals surface area (Å²) in [5.74, 6) is 1.52. The molecule has 0 aromatic carbocycles. The lowest BCUT2D eigenvalue weighted by Crippen LogP contribution is -2.39. The summed E-state index contributed by atoms with van der Waals surface area (Å²) in [6, 6.07) is 3.36. The minimum Gasteiger partial charge on any atom is -0.339 e. The fourth-order valence-corrected chi connectivity index (χ4v) is 2.66. The van der Waals surface area contributed by atoms with Crippen LogP contribution in [0, 0.1) is 11.8 Å². The molecule has 1 aliphatic rings. The van der Waals surface area contributed by atoms with Gasteiger partial charge in [0.1, 0.15) is 5.15 Å². The molecule has 2 rings (SSSR count). The van der Waals surface area contributed by atoms with Gasteiger partial charge in [0.2, 0.25) is 0 Å². The van der Waals surface area contributed by atoms with Crippen LogP contribution >= 0.6 is 11.6 Å². The molecule has 0 radical (unpaired) electrons. The highest BCUT2D eigenvalue weighted by Gasteiger charge is 2.25. The second-order valence-corrected chi connectivity index (χ2v) is 5.63. The van der Waals surface area contributed by atoms with Crippen LogP contribution in [0.4, 0.5) is 0 Å². The fourth-order valence-electron chi connectivity index (χ4n) is 2.49. The zero-order valence-electron chi connectivity index (χ0n) is 10.9. The van der Waals surface area contributed by atoms with Crippen molar-refractivity contribution in [1.82, 2.24) is 9.88 Å². The molecule has 1 saturated heterocycles. The summed E-state index contributed by atoms with van der Waals surface area (Å²) in [5, 5.41) is 0.373. The van der Waals surface area contributed by atoms with Gasteiger partial charge in [-0.05, 0) is 36.8 Å². The fraction of sp³-hybridized carbons (Fsp3) is 0.571. The van der Waals surface area contributed by atoms with E-state index in [9.17, 15) is 4.79 Å². The number of hydrogen-bond acceptors (Lipinski definition) is 2. The Hall–Kier alpha value is -1.09. The highest BCUT2D eigenvalue weighted by atomic mass is 35.5. The lowest BCUT2D eigenvalue weighted by atomic mass is 9.86. The Morgan fingerprint density at radius 2 is 2.11 bits per heavy atom. The molecule has 1 amide bonds. The Bertz CT molecular complexity index is 426. The monoisotopic (exact) mass is 266 g/mol. The number of carbonyl (C=O) groups is 1. The number of hydrogen-bond donors (Lipinski definition) is 0. The number of rotatable bonds is 2. The first-order valence-electron chi connectivity index (χ1n) is 6.48. The van der Waals surface area contributed by atoms with Crippen LogP contribution in [0.2, 0.25) is 5.15 Å². The van der Waals surface area contributed by atoms with Crippen LogP contribution < -0.4 is 0 Å². The zero-order valence-corrected chi connectivity index (χ0v) is 11.7. The molecule has 2 heterocycles. The Kier molecular flexibility index (Phi) is 4.23. The molecule has 0 unspecified atom stereocenters. The molecule has 0 N–H and O–H groups in total. The van der Waals surface area contributed by atoms with Crippen molar-refractivity contribution in [1.29, 1.82) is 0 Å². The minimum absolute atomic E-state index is 0.0708. The predicted molar refractivity (Wildman–Crippen MR) is 72.7 cm³/mol. The molecular formula is C14H19ClN2O. The third-order valence-corrected chi connectivity index (χ3v) is 3.95. The SMILES string of the molecule is CC(C)C1CCN(C(=O)c2ccnc(Cl)c2)CC1. The van der Waals surface area contributed by atoms with Crippen LogP contribution in [0.25, 0.3) is 0 Å². The molecule has 0 saturated carbocycles. The smallest absolute Gasteiger partial charge is 0.254 e.